The molecule has 3 nitrogen and oxygen atoms in total. The van der Waals surface area contributed by atoms with Gasteiger partial charge in [0, 0.05) is 12.2 Å². The van der Waals surface area contributed by atoms with Crippen LogP contribution in [0.25, 0.3) is 0 Å². The van der Waals surface area contributed by atoms with Crippen molar-refractivity contribution in [3.05, 3.63) is 59.2 Å². The van der Waals surface area contributed by atoms with Crippen molar-refractivity contribution < 1.29 is 4.79 Å². The molecule has 0 aromatic heterocycles. The second-order valence-electron chi connectivity index (χ2n) is 5.53. The Morgan fingerprint density at radius 2 is 1.73 bits per heavy atom. The third-order valence-electron chi connectivity index (χ3n) is 3.86. The first kappa shape index (κ1) is 16.1. The number of carbonyl (C=O) groups excluding carboxylic acids is 1. The lowest BCUT2D eigenvalue weighted by molar-refractivity contribution is 0.0954. The normalized spacial score (nSPS) is 10.3. The van der Waals surface area contributed by atoms with E-state index in [0.717, 1.165) is 24.2 Å². The Bertz CT molecular complexity index is 650. The summed E-state index contributed by atoms with van der Waals surface area (Å²) >= 11 is 0. The molecule has 0 bridgehead atoms. The van der Waals surface area contributed by atoms with Gasteiger partial charge in [-0.25, -0.2) is 0 Å². The Balaban J connectivity index is 2.21. The number of amides is 1. The fourth-order valence-corrected chi connectivity index (χ4v) is 2.30. The highest BCUT2D eigenvalue weighted by atomic mass is 16.1. The van der Waals surface area contributed by atoms with Crippen molar-refractivity contribution in [2.75, 3.05) is 11.9 Å². The standard InChI is InChI=1S/C19H24N2O/c1-4-5-13-20-19(22)16-10-6-7-11-18(16)21-17-12-8-9-14(2)15(17)3/h6-12,21H,4-5,13H2,1-3H3,(H,20,22). The molecule has 1 amide bonds. The molecule has 116 valence electrons. The monoisotopic (exact) mass is 296 g/mol. The second-order valence-corrected chi connectivity index (χ2v) is 5.53. The number of benzene rings is 2. The maximum absolute atomic E-state index is 12.3. The maximum Gasteiger partial charge on any atom is 0.253 e. The van der Waals surface area contributed by atoms with Crippen LogP contribution in [0.3, 0.4) is 0 Å². The van der Waals surface area contributed by atoms with E-state index in [2.05, 4.69) is 37.5 Å². The van der Waals surface area contributed by atoms with E-state index in [1.807, 2.05) is 36.4 Å². The molecule has 0 fully saturated rings. The molecule has 0 aliphatic carbocycles. The quantitative estimate of drug-likeness (QED) is 0.766. The Morgan fingerprint density at radius 1 is 1.00 bits per heavy atom. The van der Waals surface area contributed by atoms with E-state index in [0.29, 0.717) is 12.1 Å². The second kappa shape index (κ2) is 7.64. The van der Waals surface area contributed by atoms with Crippen molar-refractivity contribution in [2.45, 2.75) is 33.6 Å². The van der Waals surface area contributed by atoms with Crippen LogP contribution in [-0.2, 0) is 0 Å². The van der Waals surface area contributed by atoms with E-state index in [9.17, 15) is 4.79 Å². The van der Waals surface area contributed by atoms with Crippen molar-refractivity contribution >= 4 is 17.3 Å². The lowest BCUT2D eigenvalue weighted by atomic mass is 10.1. The van der Waals surface area contributed by atoms with Gasteiger partial charge in [0.2, 0.25) is 0 Å². The highest BCUT2D eigenvalue weighted by Crippen LogP contribution is 2.25. The van der Waals surface area contributed by atoms with Gasteiger partial charge < -0.3 is 10.6 Å². The van der Waals surface area contributed by atoms with Gasteiger partial charge in [0.1, 0.15) is 0 Å². The van der Waals surface area contributed by atoms with Crippen LogP contribution < -0.4 is 10.6 Å². The first-order chi connectivity index (χ1) is 10.6. The number of para-hydroxylation sites is 1. The zero-order valence-electron chi connectivity index (χ0n) is 13.6. The summed E-state index contributed by atoms with van der Waals surface area (Å²) in [7, 11) is 0. The lowest BCUT2D eigenvalue weighted by Crippen LogP contribution is -2.25. The molecule has 0 atom stereocenters. The average Bonchev–Trinajstić information content (AvgIpc) is 2.52. The summed E-state index contributed by atoms with van der Waals surface area (Å²) in [5.74, 6) is -0.0261. The molecular weight excluding hydrogens is 272 g/mol. The van der Waals surface area contributed by atoms with Crippen molar-refractivity contribution in [1.29, 1.82) is 0 Å². The number of aryl methyl sites for hydroxylation is 1. The Kier molecular flexibility index (Phi) is 5.59. The van der Waals surface area contributed by atoms with Crippen molar-refractivity contribution in [3.8, 4) is 0 Å². The Hall–Kier alpha value is -2.29. The van der Waals surface area contributed by atoms with Crippen LogP contribution in [0, 0.1) is 13.8 Å². The zero-order valence-corrected chi connectivity index (χ0v) is 13.6. The molecule has 0 heterocycles. The molecule has 0 saturated heterocycles. The van der Waals surface area contributed by atoms with Gasteiger partial charge in [0.05, 0.1) is 11.3 Å². The van der Waals surface area contributed by atoms with Crippen LogP contribution in [0.4, 0.5) is 11.4 Å². The number of anilines is 2. The minimum absolute atomic E-state index is 0.0261. The van der Waals surface area contributed by atoms with E-state index in [1.165, 1.54) is 11.1 Å². The molecule has 0 aliphatic heterocycles. The molecule has 2 aromatic carbocycles. The highest BCUT2D eigenvalue weighted by molar-refractivity contribution is 6.00. The fraction of sp³-hybridized carbons (Fsp3) is 0.316. The highest BCUT2D eigenvalue weighted by Gasteiger charge is 2.11. The van der Waals surface area contributed by atoms with E-state index < -0.39 is 0 Å². The van der Waals surface area contributed by atoms with Gasteiger partial charge in [-0.15, -0.1) is 0 Å². The third kappa shape index (κ3) is 3.88. The van der Waals surface area contributed by atoms with E-state index >= 15 is 0 Å². The minimum Gasteiger partial charge on any atom is -0.355 e. The third-order valence-corrected chi connectivity index (χ3v) is 3.86. The molecule has 2 N–H and O–H groups in total. The average molecular weight is 296 g/mol. The van der Waals surface area contributed by atoms with Crippen molar-refractivity contribution in [1.82, 2.24) is 5.32 Å². The van der Waals surface area contributed by atoms with Crippen molar-refractivity contribution in [2.24, 2.45) is 0 Å². The Morgan fingerprint density at radius 3 is 2.50 bits per heavy atom. The lowest BCUT2D eigenvalue weighted by Gasteiger charge is -2.15. The van der Waals surface area contributed by atoms with Gasteiger partial charge >= 0.3 is 0 Å². The van der Waals surface area contributed by atoms with Crippen LogP contribution in [-0.4, -0.2) is 12.5 Å². The molecular formula is C19H24N2O. The van der Waals surface area contributed by atoms with Gasteiger partial charge in [-0.2, -0.15) is 0 Å². The number of hydrogen-bond donors (Lipinski definition) is 2. The summed E-state index contributed by atoms with van der Waals surface area (Å²) in [6.07, 6.45) is 2.07. The number of hydrogen-bond acceptors (Lipinski definition) is 2. The molecule has 0 unspecified atom stereocenters. The number of nitrogens with one attached hydrogen (secondary N) is 2. The van der Waals surface area contributed by atoms with Crippen LogP contribution in [0.1, 0.15) is 41.3 Å². The predicted molar refractivity (Wildman–Crippen MR) is 92.9 cm³/mol. The molecule has 2 rings (SSSR count). The van der Waals surface area contributed by atoms with Crippen LogP contribution in [0.15, 0.2) is 42.5 Å². The number of unbranched alkanes of at least 4 members (excludes halogenated alkanes) is 1. The number of carbonyl (C=O) groups is 1. The van der Waals surface area contributed by atoms with Gasteiger partial charge in [-0.05, 0) is 49.6 Å². The summed E-state index contributed by atoms with van der Waals surface area (Å²) in [5.41, 5.74) is 4.98. The van der Waals surface area contributed by atoms with Crippen LogP contribution in [0.5, 0.6) is 0 Å². The van der Waals surface area contributed by atoms with Gasteiger partial charge in [0.15, 0.2) is 0 Å². The van der Waals surface area contributed by atoms with E-state index in [4.69, 9.17) is 0 Å². The van der Waals surface area contributed by atoms with Crippen LogP contribution in [0.2, 0.25) is 0 Å². The summed E-state index contributed by atoms with van der Waals surface area (Å²) in [4.78, 5) is 12.3. The van der Waals surface area contributed by atoms with Gasteiger partial charge in [-0.1, -0.05) is 37.6 Å². The van der Waals surface area contributed by atoms with Gasteiger partial charge in [0.25, 0.3) is 5.91 Å². The number of rotatable bonds is 6. The maximum atomic E-state index is 12.3. The first-order valence-corrected chi connectivity index (χ1v) is 7.84. The molecule has 3 heteroatoms. The summed E-state index contributed by atoms with van der Waals surface area (Å²) in [6, 6.07) is 13.8. The summed E-state index contributed by atoms with van der Waals surface area (Å²) in [5, 5.41) is 6.37. The molecule has 22 heavy (non-hydrogen) atoms. The fourth-order valence-electron chi connectivity index (χ4n) is 2.30. The van der Waals surface area contributed by atoms with E-state index in [-0.39, 0.29) is 5.91 Å². The molecule has 0 saturated carbocycles. The van der Waals surface area contributed by atoms with E-state index in [1.54, 1.807) is 0 Å². The summed E-state index contributed by atoms with van der Waals surface area (Å²) < 4.78 is 0. The molecule has 2 aromatic rings. The predicted octanol–water partition coefficient (Wildman–Crippen LogP) is 4.58. The largest absolute Gasteiger partial charge is 0.355 e. The topological polar surface area (TPSA) is 41.1 Å². The SMILES string of the molecule is CCCCNC(=O)c1ccccc1Nc1cccc(C)c1C. The molecule has 0 radical (unpaired) electrons. The van der Waals surface area contributed by atoms with Crippen LogP contribution >= 0.6 is 0 Å². The molecule has 0 spiro atoms. The smallest absolute Gasteiger partial charge is 0.253 e. The summed E-state index contributed by atoms with van der Waals surface area (Å²) in [6.45, 7) is 7.00. The van der Waals surface area contributed by atoms with Gasteiger partial charge in [-0.3, -0.25) is 4.79 Å². The minimum atomic E-state index is -0.0261. The zero-order chi connectivity index (χ0) is 15.9. The van der Waals surface area contributed by atoms with Crippen molar-refractivity contribution in [3.63, 3.8) is 0 Å². The first-order valence-electron chi connectivity index (χ1n) is 7.84. The molecule has 0 aliphatic rings. The Labute approximate surface area is 132 Å².